The number of ether oxygens (including phenoxy) is 1. The van der Waals surface area contributed by atoms with E-state index in [1.807, 2.05) is 0 Å². The van der Waals surface area contributed by atoms with E-state index in [1.54, 1.807) is 6.92 Å². The summed E-state index contributed by atoms with van der Waals surface area (Å²) in [6, 6.07) is 0. The zero-order valence-electron chi connectivity index (χ0n) is 8.88. The van der Waals surface area contributed by atoms with Gasteiger partial charge < -0.3 is 4.74 Å². The predicted molar refractivity (Wildman–Crippen MR) is 52.6 cm³/mol. The van der Waals surface area contributed by atoms with Crippen LogP contribution in [0.2, 0.25) is 0 Å². The van der Waals surface area contributed by atoms with Crippen molar-refractivity contribution in [1.29, 1.82) is 0 Å². The standard InChI is InChI=1S/C11H20O2/c1-8(2)11-6-4-5-10(13-11)7-9(3)12/h8,10-11H,4-7H2,1-3H3/t10-,11+/m0/s1. The third kappa shape index (κ3) is 3.47. The van der Waals surface area contributed by atoms with Crippen molar-refractivity contribution in [1.82, 2.24) is 0 Å². The highest BCUT2D eigenvalue weighted by Crippen LogP contribution is 2.25. The summed E-state index contributed by atoms with van der Waals surface area (Å²) in [6.45, 7) is 6.00. The molecule has 2 heteroatoms. The zero-order valence-corrected chi connectivity index (χ0v) is 8.88. The molecule has 76 valence electrons. The molecule has 0 aromatic carbocycles. The molecule has 0 aliphatic carbocycles. The van der Waals surface area contributed by atoms with Gasteiger partial charge in [0.25, 0.3) is 0 Å². The minimum Gasteiger partial charge on any atom is -0.374 e. The fourth-order valence-electron chi connectivity index (χ4n) is 1.89. The van der Waals surface area contributed by atoms with Crippen molar-refractivity contribution in [3.8, 4) is 0 Å². The number of hydrogen-bond acceptors (Lipinski definition) is 2. The molecule has 1 aliphatic rings. The molecule has 0 bridgehead atoms. The van der Waals surface area contributed by atoms with Crippen molar-refractivity contribution in [3.05, 3.63) is 0 Å². The highest BCUT2D eigenvalue weighted by atomic mass is 16.5. The Morgan fingerprint density at radius 2 is 2.15 bits per heavy atom. The van der Waals surface area contributed by atoms with Crippen LogP contribution in [0.5, 0.6) is 0 Å². The minimum absolute atomic E-state index is 0.193. The van der Waals surface area contributed by atoms with Gasteiger partial charge in [0, 0.05) is 6.42 Å². The fraction of sp³-hybridized carbons (Fsp3) is 0.909. The van der Waals surface area contributed by atoms with Crippen LogP contribution in [0.1, 0.15) is 46.5 Å². The highest BCUT2D eigenvalue weighted by Gasteiger charge is 2.25. The van der Waals surface area contributed by atoms with Crippen LogP contribution in [0.3, 0.4) is 0 Å². The van der Waals surface area contributed by atoms with Crippen molar-refractivity contribution < 1.29 is 9.53 Å². The molecule has 1 fully saturated rings. The topological polar surface area (TPSA) is 26.3 Å². The van der Waals surface area contributed by atoms with Crippen LogP contribution in [0.4, 0.5) is 0 Å². The molecule has 1 aliphatic heterocycles. The maximum atomic E-state index is 10.9. The zero-order chi connectivity index (χ0) is 9.84. The maximum absolute atomic E-state index is 10.9. The van der Waals surface area contributed by atoms with Gasteiger partial charge in [-0.15, -0.1) is 0 Å². The van der Waals surface area contributed by atoms with Gasteiger partial charge in [0.15, 0.2) is 0 Å². The van der Waals surface area contributed by atoms with Gasteiger partial charge in [0.1, 0.15) is 5.78 Å². The SMILES string of the molecule is CC(=O)C[C@@H]1CCC[C@H](C(C)C)O1. The molecule has 2 atom stereocenters. The first-order valence-corrected chi connectivity index (χ1v) is 5.24. The predicted octanol–water partition coefficient (Wildman–Crippen LogP) is 2.56. The Bertz CT molecular complexity index is 175. The molecule has 0 unspecified atom stereocenters. The Hall–Kier alpha value is -0.370. The molecule has 0 radical (unpaired) electrons. The number of Topliss-reactive ketones (excluding diaryl/α,β-unsaturated/α-hetero) is 1. The lowest BCUT2D eigenvalue weighted by Crippen LogP contribution is -2.32. The fourth-order valence-corrected chi connectivity index (χ4v) is 1.89. The van der Waals surface area contributed by atoms with E-state index in [9.17, 15) is 4.79 Å². The number of ketones is 1. The molecule has 0 aromatic heterocycles. The first-order valence-electron chi connectivity index (χ1n) is 5.24. The molecule has 2 nitrogen and oxygen atoms in total. The van der Waals surface area contributed by atoms with Gasteiger partial charge in [-0.2, -0.15) is 0 Å². The molecule has 0 spiro atoms. The molecule has 0 amide bonds. The van der Waals surface area contributed by atoms with Crippen molar-refractivity contribution in [2.45, 2.75) is 58.7 Å². The number of hydrogen-bond donors (Lipinski definition) is 0. The second-order valence-corrected chi connectivity index (χ2v) is 4.38. The van der Waals surface area contributed by atoms with Crippen LogP contribution in [0, 0.1) is 5.92 Å². The lowest BCUT2D eigenvalue weighted by molar-refractivity contribution is -0.124. The molecule has 13 heavy (non-hydrogen) atoms. The largest absolute Gasteiger partial charge is 0.374 e. The monoisotopic (exact) mass is 184 g/mol. The summed E-state index contributed by atoms with van der Waals surface area (Å²) in [5, 5.41) is 0. The van der Waals surface area contributed by atoms with E-state index in [0.717, 1.165) is 12.8 Å². The number of carbonyl (C=O) groups excluding carboxylic acids is 1. The molecule has 1 heterocycles. The summed E-state index contributed by atoms with van der Waals surface area (Å²) in [7, 11) is 0. The summed E-state index contributed by atoms with van der Waals surface area (Å²) in [6.07, 6.45) is 4.59. The van der Waals surface area contributed by atoms with Crippen LogP contribution >= 0.6 is 0 Å². The normalized spacial score (nSPS) is 29.2. The second kappa shape index (κ2) is 4.75. The Morgan fingerprint density at radius 1 is 1.46 bits per heavy atom. The summed E-state index contributed by atoms with van der Waals surface area (Å²) in [5.74, 6) is 0.823. The van der Waals surface area contributed by atoms with Crippen LogP contribution in [0.25, 0.3) is 0 Å². The highest BCUT2D eigenvalue weighted by molar-refractivity contribution is 5.75. The quantitative estimate of drug-likeness (QED) is 0.673. The van der Waals surface area contributed by atoms with Gasteiger partial charge in [-0.25, -0.2) is 0 Å². The van der Waals surface area contributed by atoms with Gasteiger partial charge in [-0.05, 0) is 32.1 Å². The van der Waals surface area contributed by atoms with E-state index >= 15 is 0 Å². The molecular weight excluding hydrogens is 164 g/mol. The van der Waals surface area contributed by atoms with E-state index in [2.05, 4.69) is 13.8 Å². The van der Waals surface area contributed by atoms with Crippen molar-refractivity contribution in [2.75, 3.05) is 0 Å². The Labute approximate surface area is 80.7 Å². The maximum Gasteiger partial charge on any atom is 0.132 e. The average molecular weight is 184 g/mol. The van der Waals surface area contributed by atoms with Crippen LogP contribution < -0.4 is 0 Å². The van der Waals surface area contributed by atoms with Gasteiger partial charge in [-0.3, -0.25) is 4.79 Å². The third-order valence-corrected chi connectivity index (χ3v) is 2.64. The molecule has 0 saturated carbocycles. The van der Waals surface area contributed by atoms with Crippen molar-refractivity contribution in [2.24, 2.45) is 5.92 Å². The molecule has 0 aromatic rings. The molecule has 1 saturated heterocycles. The van der Waals surface area contributed by atoms with Gasteiger partial charge in [-0.1, -0.05) is 13.8 Å². The van der Waals surface area contributed by atoms with Gasteiger partial charge in [0.2, 0.25) is 0 Å². The second-order valence-electron chi connectivity index (χ2n) is 4.38. The lowest BCUT2D eigenvalue weighted by atomic mass is 9.95. The van der Waals surface area contributed by atoms with E-state index in [1.165, 1.54) is 6.42 Å². The summed E-state index contributed by atoms with van der Waals surface area (Å²) < 4.78 is 5.84. The van der Waals surface area contributed by atoms with Crippen LogP contribution in [-0.2, 0) is 9.53 Å². The van der Waals surface area contributed by atoms with E-state index in [-0.39, 0.29) is 11.9 Å². The van der Waals surface area contributed by atoms with E-state index < -0.39 is 0 Å². The Balaban J connectivity index is 2.37. The first kappa shape index (κ1) is 10.7. The third-order valence-electron chi connectivity index (χ3n) is 2.64. The summed E-state index contributed by atoms with van der Waals surface area (Å²) in [5.41, 5.74) is 0. The van der Waals surface area contributed by atoms with Crippen molar-refractivity contribution >= 4 is 5.78 Å². The summed E-state index contributed by atoms with van der Waals surface area (Å²) >= 11 is 0. The van der Waals surface area contributed by atoms with E-state index in [4.69, 9.17) is 4.74 Å². The van der Waals surface area contributed by atoms with Crippen molar-refractivity contribution in [3.63, 3.8) is 0 Å². The summed E-state index contributed by atoms with van der Waals surface area (Å²) in [4.78, 5) is 10.9. The number of rotatable bonds is 3. The Kier molecular flexibility index (Phi) is 3.91. The molecule has 1 rings (SSSR count). The minimum atomic E-state index is 0.193. The molecule has 0 N–H and O–H groups in total. The number of carbonyl (C=O) groups is 1. The Morgan fingerprint density at radius 3 is 2.69 bits per heavy atom. The van der Waals surface area contributed by atoms with Gasteiger partial charge in [0.05, 0.1) is 12.2 Å². The smallest absolute Gasteiger partial charge is 0.132 e. The molecular formula is C11H20O2. The van der Waals surface area contributed by atoms with Crippen LogP contribution in [0.15, 0.2) is 0 Å². The first-order chi connectivity index (χ1) is 6.09. The van der Waals surface area contributed by atoms with Crippen LogP contribution in [-0.4, -0.2) is 18.0 Å². The average Bonchev–Trinajstić information content (AvgIpc) is 2.03. The lowest BCUT2D eigenvalue weighted by Gasteiger charge is -2.32. The van der Waals surface area contributed by atoms with Gasteiger partial charge >= 0.3 is 0 Å². The van der Waals surface area contributed by atoms with E-state index in [0.29, 0.717) is 18.4 Å².